The number of rotatable bonds is 7. The summed E-state index contributed by atoms with van der Waals surface area (Å²) >= 11 is 0. The first-order valence-corrected chi connectivity index (χ1v) is 8.23. The van der Waals surface area contributed by atoms with Crippen molar-refractivity contribution in [3.05, 3.63) is 58.7 Å². The van der Waals surface area contributed by atoms with E-state index in [4.69, 9.17) is 4.74 Å². The van der Waals surface area contributed by atoms with Crippen LogP contribution in [0.15, 0.2) is 58.7 Å². The van der Waals surface area contributed by atoms with Crippen LogP contribution in [0.3, 0.4) is 0 Å². The maximum atomic E-state index is 10.4. The van der Waals surface area contributed by atoms with Gasteiger partial charge in [0.15, 0.2) is 0 Å². The Labute approximate surface area is 141 Å². The number of carbonyl (C=O) groups is 1. The van der Waals surface area contributed by atoms with Crippen LogP contribution in [0.25, 0.3) is 0 Å². The zero-order valence-electron chi connectivity index (χ0n) is 15.3. The number of methoxy groups -OCH3 is 1. The summed E-state index contributed by atoms with van der Waals surface area (Å²) in [4.78, 5) is 10.4. The summed E-state index contributed by atoms with van der Waals surface area (Å²) in [6.07, 6.45) is 15.2. The first-order valence-electron chi connectivity index (χ1n) is 8.23. The third kappa shape index (κ3) is 5.80. The Morgan fingerprint density at radius 3 is 2.43 bits per heavy atom. The van der Waals surface area contributed by atoms with E-state index in [0.717, 1.165) is 18.3 Å². The molecule has 2 heteroatoms. The molecule has 0 saturated carbocycles. The highest BCUT2D eigenvalue weighted by atomic mass is 16.5. The standard InChI is InChI=1S/C21H30O2/c1-16(8-7-9-17(2)13-15-22)10-11-20-19(18(3)23-6)12-14-21(20,4)5/h7-11,13,15,18H,12,14H2,1-6H3/b9-7+,11-10+,16-8+,17-13+. The molecule has 0 aromatic carbocycles. The lowest BCUT2D eigenvalue weighted by atomic mass is 9.84. The van der Waals surface area contributed by atoms with Crippen LogP contribution in [-0.2, 0) is 9.53 Å². The Morgan fingerprint density at radius 1 is 1.17 bits per heavy atom. The van der Waals surface area contributed by atoms with Crippen LogP contribution in [0.4, 0.5) is 0 Å². The summed E-state index contributed by atoms with van der Waals surface area (Å²) in [6, 6.07) is 0. The molecule has 126 valence electrons. The van der Waals surface area contributed by atoms with Crippen molar-refractivity contribution in [2.75, 3.05) is 7.11 Å². The van der Waals surface area contributed by atoms with E-state index in [9.17, 15) is 4.79 Å². The van der Waals surface area contributed by atoms with Crippen LogP contribution in [0.5, 0.6) is 0 Å². The molecule has 0 aromatic heterocycles. The van der Waals surface area contributed by atoms with Gasteiger partial charge in [-0.15, -0.1) is 0 Å². The number of allylic oxidation sites excluding steroid dienone is 9. The van der Waals surface area contributed by atoms with E-state index in [1.54, 1.807) is 13.2 Å². The van der Waals surface area contributed by atoms with E-state index in [2.05, 4.69) is 45.9 Å². The van der Waals surface area contributed by atoms with Crippen LogP contribution in [0, 0.1) is 5.41 Å². The van der Waals surface area contributed by atoms with Crippen molar-refractivity contribution < 1.29 is 9.53 Å². The van der Waals surface area contributed by atoms with Crippen molar-refractivity contribution in [1.82, 2.24) is 0 Å². The second kappa shape index (κ2) is 8.83. The molecule has 23 heavy (non-hydrogen) atoms. The average molecular weight is 314 g/mol. The van der Waals surface area contributed by atoms with Crippen molar-refractivity contribution in [1.29, 1.82) is 0 Å². The number of carbonyl (C=O) groups excluding carboxylic acids is 1. The molecule has 0 saturated heterocycles. The van der Waals surface area contributed by atoms with Gasteiger partial charge < -0.3 is 4.74 Å². The summed E-state index contributed by atoms with van der Waals surface area (Å²) in [5.41, 5.74) is 5.16. The lowest BCUT2D eigenvalue weighted by molar-refractivity contribution is -0.104. The first kappa shape index (κ1) is 19.4. The number of aldehydes is 1. The molecular weight excluding hydrogens is 284 g/mol. The molecule has 1 aliphatic rings. The molecule has 2 nitrogen and oxygen atoms in total. The largest absolute Gasteiger partial charge is 0.377 e. The fraction of sp³-hybridized carbons (Fsp3) is 0.476. The molecule has 1 unspecified atom stereocenters. The minimum atomic E-state index is 0.178. The zero-order valence-corrected chi connectivity index (χ0v) is 15.3. The van der Waals surface area contributed by atoms with Crippen molar-refractivity contribution in [3.8, 4) is 0 Å². The second-order valence-corrected chi connectivity index (χ2v) is 6.85. The molecule has 0 heterocycles. The maximum Gasteiger partial charge on any atom is 0.143 e. The fourth-order valence-electron chi connectivity index (χ4n) is 2.83. The molecule has 0 fully saturated rings. The molecule has 0 radical (unpaired) electrons. The molecule has 0 amide bonds. The number of hydrogen-bond donors (Lipinski definition) is 0. The van der Waals surface area contributed by atoms with Gasteiger partial charge in [0, 0.05) is 7.11 Å². The van der Waals surface area contributed by atoms with Crippen molar-refractivity contribution in [2.45, 2.75) is 53.6 Å². The Morgan fingerprint density at radius 2 is 1.83 bits per heavy atom. The third-order valence-electron chi connectivity index (χ3n) is 4.50. The van der Waals surface area contributed by atoms with Crippen LogP contribution >= 0.6 is 0 Å². The Kier molecular flexibility index (Phi) is 7.44. The molecule has 0 N–H and O–H groups in total. The normalized spacial score (nSPS) is 20.8. The van der Waals surface area contributed by atoms with Crippen molar-refractivity contribution >= 4 is 6.29 Å². The van der Waals surface area contributed by atoms with Gasteiger partial charge in [-0.2, -0.15) is 0 Å². The van der Waals surface area contributed by atoms with E-state index in [0.29, 0.717) is 0 Å². The molecule has 1 atom stereocenters. The van der Waals surface area contributed by atoms with Gasteiger partial charge in [-0.05, 0) is 61.8 Å². The lowest BCUT2D eigenvalue weighted by Crippen LogP contribution is -2.12. The van der Waals surface area contributed by atoms with Gasteiger partial charge in [0.1, 0.15) is 6.29 Å². The van der Waals surface area contributed by atoms with Gasteiger partial charge in [0.05, 0.1) is 6.10 Å². The molecule has 0 aromatic rings. The second-order valence-electron chi connectivity index (χ2n) is 6.85. The summed E-state index contributed by atoms with van der Waals surface area (Å²) in [5, 5.41) is 0. The molecule has 1 rings (SSSR count). The van der Waals surface area contributed by atoms with Crippen LogP contribution in [0.2, 0.25) is 0 Å². The highest BCUT2D eigenvalue weighted by molar-refractivity contribution is 5.66. The molecule has 1 aliphatic carbocycles. The van der Waals surface area contributed by atoms with E-state index in [1.807, 2.05) is 19.1 Å². The Bertz CT molecular complexity index is 569. The molecule has 0 spiro atoms. The zero-order chi connectivity index (χ0) is 17.5. The monoisotopic (exact) mass is 314 g/mol. The summed E-state index contributed by atoms with van der Waals surface area (Å²) in [5.74, 6) is 0. The van der Waals surface area contributed by atoms with Gasteiger partial charge in [-0.25, -0.2) is 0 Å². The quantitative estimate of drug-likeness (QED) is 0.360. The number of ether oxygens (including phenoxy) is 1. The summed E-state index contributed by atoms with van der Waals surface area (Å²) < 4.78 is 5.53. The highest BCUT2D eigenvalue weighted by Gasteiger charge is 2.32. The van der Waals surface area contributed by atoms with Crippen LogP contribution in [0.1, 0.15) is 47.5 Å². The number of hydrogen-bond acceptors (Lipinski definition) is 2. The van der Waals surface area contributed by atoms with Crippen molar-refractivity contribution in [3.63, 3.8) is 0 Å². The average Bonchev–Trinajstić information content (AvgIpc) is 2.79. The van der Waals surface area contributed by atoms with E-state index in [-0.39, 0.29) is 11.5 Å². The fourth-order valence-corrected chi connectivity index (χ4v) is 2.83. The molecule has 0 aliphatic heterocycles. The topological polar surface area (TPSA) is 26.3 Å². The van der Waals surface area contributed by atoms with Gasteiger partial charge >= 0.3 is 0 Å². The smallest absolute Gasteiger partial charge is 0.143 e. The van der Waals surface area contributed by atoms with Gasteiger partial charge in [0.2, 0.25) is 0 Å². The predicted molar refractivity (Wildman–Crippen MR) is 98.4 cm³/mol. The lowest BCUT2D eigenvalue weighted by Gasteiger charge is -2.21. The van der Waals surface area contributed by atoms with E-state index >= 15 is 0 Å². The van der Waals surface area contributed by atoms with E-state index < -0.39 is 0 Å². The minimum absolute atomic E-state index is 0.178. The van der Waals surface area contributed by atoms with Gasteiger partial charge in [-0.1, -0.05) is 49.8 Å². The first-order chi connectivity index (χ1) is 10.8. The third-order valence-corrected chi connectivity index (χ3v) is 4.50. The van der Waals surface area contributed by atoms with Crippen LogP contribution < -0.4 is 0 Å². The molecular formula is C21H30O2. The Balaban J connectivity index is 2.92. The highest BCUT2D eigenvalue weighted by Crippen LogP contribution is 2.44. The van der Waals surface area contributed by atoms with Crippen LogP contribution in [-0.4, -0.2) is 19.5 Å². The van der Waals surface area contributed by atoms with Crippen molar-refractivity contribution in [2.24, 2.45) is 5.41 Å². The molecule has 0 bridgehead atoms. The maximum absolute atomic E-state index is 10.4. The minimum Gasteiger partial charge on any atom is -0.377 e. The Hall–Kier alpha value is -1.67. The predicted octanol–water partition coefficient (Wildman–Crippen LogP) is 5.34. The van der Waals surface area contributed by atoms with Gasteiger partial charge in [0.25, 0.3) is 0 Å². The van der Waals surface area contributed by atoms with E-state index in [1.165, 1.54) is 23.1 Å². The summed E-state index contributed by atoms with van der Waals surface area (Å²) in [7, 11) is 1.77. The SMILES string of the molecule is COC(C)C1=C(/C=C/C(C)=C/C=C/C(C)=C/C=O)C(C)(C)CC1. The summed E-state index contributed by atoms with van der Waals surface area (Å²) in [6.45, 7) is 10.7. The van der Waals surface area contributed by atoms with Gasteiger partial charge in [-0.3, -0.25) is 4.79 Å².